The number of aromatic hydroxyl groups is 1. The molecule has 2 atom stereocenters. The molecule has 1 aromatic rings. The third kappa shape index (κ3) is 3.60. The van der Waals surface area contributed by atoms with Gasteiger partial charge in [-0.2, -0.15) is 0 Å². The lowest BCUT2D eigenvalue weighted by Crippen LogP contribution is -2.45. The second-order valence-electron chi connectivity index (χ2n) is 5.79. The number of likely N-dealkylation sites (tertiary alicyclic amines) is 1. The van der Waals surface area contributed by atoms with E-state index in [1.807, 2.05) is 4.90 Å². The monoisotopic (exact) mass is 295 g/mol. The largest absolute Gasteiger partial charge is 0.507 e. The standard InChI is InChI=1S/C16H22FNO3/c1-10(19)14-8-13(17)7-12(16(14)21)9-18-6-4-3-5-15(18)11(2)20/h7-8,11,15,20-21H,3-6,9H2,1-2H3. The summed E-state index contributed by atoms with van der Waals surface area (Å²) >= 11 is 0. The predicted octanol–water partition coefficient (Wildman–Crippen LogP) is 2.47. The van der Waals surface area contributed by atoms with Gasteiger partial charge in [0, 0.05) is 18.2 Å². The van der Waals surface area contributed by atoms with E-state index in [9.17, 15) is 19.4 Å². The maximum Gasteiger partial charge on any atom is 0.163 e. The van der Waals surface area contributed by atoms with E-state index in [0.29, 0.717) is 12.1 Å². The van der Waals surface area contributed by atoms with Crippen LogP contribution >= 0.6 is 0 Å². The third-order valence-corrected chi connectivity index (χ3v) is 4.13. The zero-order valence-electron chi connectivity index (χ0n) is 12.5. The molecule has 116 valence electrons. The molecule has 4 nitrogen and oxygen atoms in total. The van der Waals surface area contributed by atoms with E-state index in [1.54, 1.807) is 6.92 Å². The second-order valence-corrected chi connectivity index (χ2v) is 5.79. The van der Waals surface area contributed by atoms with Gasteiger partial charge in [0.05, 0.1) is 11.7 Å². The molecule has 0 saturated carbocycles. The first-order valence-corrected chi connectivity index (χ1v) is 7.34. The van der Waals surface area contributed by atoms with Crippen LogP contribution < -0.4 is 0 Å². The Morgan fingerprint density at radius 2 is 2.19 bits per heavy atom. The Bertz CT molecular complexity index is 530. The molecular weight excluding hydrogens is 273 g/mol. The van der Waals surface area contributed by atoms with E-state index in [2.05, 4.69) is 0 Å². The molecule has 0 aliphatic carbocycles. The molecule has 5 heteroatoms. The Kier molecular flexibility index (Phi) is 4.96. The summed E-state index contributed by atoms with van der Waals surface area (Å²) in [7, 11) is 0. The van der Waals surface area contributed by atoms with Gasteiger partial charge < -0.3 is 10.2 Å². The molecule has 2 rings (SSSR count). The highest BCUT2D eigenvalue weighted by Crippen LogP contribution is 2.29. The lowest BCUT2D eigenvalue weighted by Gasteiger charge is -2.37. The van der Waals surface area contributed by atoms with Crippen molar-refractivity contribution in [3.8, 4) is 5.75 Å². The van der Waals surface area contributed by atoms with Crippen molar-refractivity contribution < 1.29 is 19.4 Å². The number of ketones is 1. The topological polar surface area (TPSA) is 60.8 Å². The van der Waals surface area contributed by atoms with Crippen molar-refractivity contribution in [3.63, 3.8) is 0 Å². The van der Waals surface area contributed by atoms with Crippen molar-refractivity contribution in [2.24, 2.45) is 0 Å². The summed E-state index contributed by atoms with van der Waals surface area (Å²) in [5.41, 5.74) is 0.406. The number of phenols is 1. The molecule has 1 heterocycles. The number of hydrogen-bond donors (Lipinski definition) is 2. The molecule has 1 aromatic carbocycles. The number of carbonyl (C=O) groups excluding carboxylic acids is 1. The van der Waals surface area contributed by atoms with Gasteiger partial charge in [0.2, 0.25) is 0 Å². The molecule has 21 heavy (non-hydrogen) atoms. The van der Waals surface area contributed by atoms with Gasteiger partial charge in [0.25, 0.3) is 0 Å². The van der Waals surface area contributed by atoms with Crippen molar-refractivity contribution in [3.05, 3.63) is 29.1 Å². The van der Waals surface area contributed by atoms with E-state index in [4.69, 9.17) is 0 Å². The number of carbonyl (C=O) groups is 1. The van der Waals surface area contributed by atoms with E-state index in [0.717, 1.165) is 31.9 Å². The SMILES string of the molecule is CC(=O)c1cc(F)cc(CN2CCCCC2C(C)O)c1O. The van der Waals surface area contributed by atoms with Crippen LogP contribution in [0.5, 0.6) is 5.75 Å². The van der Waals surface area contributed by atoms with Gasteiger partial charge in [-0.25, -0.2) is 4.39 Å². The van der Waals surface area contributed by atoms with Gasteiger partial charge in [0.1, 0.15) is 11.6 Å². The number of rotatable bonds is 4. The zero-order chi connectivity index (χ0) is 15.6. The molecule has 0 amide bonds. The lowest BCUT2D eigenvalue weighted by atomic mass is 9.96. The highest BCUT2D eigenvalue weighted by atomic mass is 19.1. The van der Waals surface area contributed by atoms with Crippen LogP contribution in [0.2, 0.25) is 0 Å². The minimum atomic E-state index is -0.529. The number of aliphatic hydroxyl groups is 1. The first-order valence-electron chi connectivity index (χ1n) is 7.34. The van der Waals surface area contributed by atoms with Crippen LogP contribution in [-0.4, -0.2) is 39.6 Å². The summed E-state index contributed by atoms with van der Waals surface area (Å²) in [6, 6.07) is 2.32. The predicted molar refractivity (Wildman–Crippen MR) is 77.8 cm³/mol. The average Bonchev–Trinajstić information content (AvgIpc) is 2.42. The molecule has 0 bridgehead atoms. The molecule has 2 N–H and O–H groups in total. The van der Waals surface area contributed by atoms with Gasteiger partial charge in [-0.3, -0.25) is 9.69 Å². The summed E-state index contributed by atoms with van der Waals surface area (Å²) < 4.78 is 13.6. The number of Topliss-reactive ketones (excluding diaryl/α,β-unsaturated/α-hetero) is 1. The second kappa shape index (κ2) is 6.54. The maximum atomic E-state index is 13.6. The van der Waals surface area contributed by atoms with E-state index < -0.39 is 11.9 Å². The Morgan fingerprint density at radius 3 is 2.81 bits per heavy atom. The molecule has 1 aliphatic heterocycles. The number of benzene rings is 1. The molecule has 2 unspecified atom stereocenters. The summed E-state index contributed by atoms with van der Waals surface area (Å²) in [4.78, 5) is 13.5. The van der Waals surface area contributed by atoms with E-state index >= 15 is 0 Å². The van der Waals surface area contributed by atoms with Crippen molar-refractivity contribution in [1.29, 1.82) is 0 Å². The smallest absolute Gasteiger partial charge is 0.163 e. The molecule has 1 aliphatic rings. The average molecular weight is 295 g/mol. The van der Waals surface area contributed by atoms with Gasteiger partial charge in [-0.15, -0.1) is 0 Å². The summed E-state index contributed by atoms with van der Waals surface area (Å²) in [6.07, 6.45) is 2.47. The first-order chi connectivity index (χ1) is 9.90. The Balaban J connectivity index is 2.28. The number of aliphatic hydroxyl groups excluding tert-OH is 1. The van der Waals surface area contributed by atoms with Crippen LogP contribution in [0.1, 0.15) is 49.0 Å². The quantitative estimate of drug-likeness (QED) is 0.838. The number of piperidine rings is 1. The maximum absolute atomic E-state index is 13.6. The fourth-order valence-corrected chi connectivity index (χ4v) is 3.02. The number of halogens is 1. The molecule has 0 spiro atoms. The minimum absolute atomic E-state index is 0.00203. The summed E-state index contributed by atoms with van der Waals surface area (Å²) in [6.45, 7) is 4.17. The Hall–Kier alpha value is -1.46. The van der Waals surface area contributed by atoms with Crippen LogP contribution in [0, 0.1) is 5.82 Å². The molecule has 1 fully saturated rings. The highest BCUT2D eigenvalue weighted by molar-refractivity contribution is 5.97. The van der Waals surface area contributed by atoms with Crippen molar-refractivity contribution in [1.82, 2.24) is 4.90 Å². The van der Waals surface area contributed by atoms with Crippen LogP contribution in [0.3, 0.4) is 0 Å². The van der Waals surface area contributed by atoms with Crippen LogP contribution in [0.15, 0.2) is 12.1 Å². The minimum Gasteiger partial charge on any atom is -0.507 e. The van der Waals surface area contributed by atoms with E-state index in [1.165, 1.54) is 13.0 Å². The van der Waals surface area contributed by atoms with Crippen molar-refractivity contribution >= 4 is 5.78 Å². The summed E-state index contributed by atoms with van der Waals surface area (Å²) in [5.74, 6) is -1.05. The van der Waals surface area contributed by atoms with Gasteiger partial charge in [0.15, 0.2) is 5.78 Å². The van der Waals surface area contributed by atoms with Crippen LogP contribution in [0.4, 0.5) is 4.39 Å². The Morgan fingerprint density at radius 1 is 1.48 bits per heavy atom. The highest BCUT2D eigenvalue weighted by Gasteiger charge is 2.27. The van der Waals surface area contributed by atoms with Crippen molar-refractivity contribution in [2.75, 3.05) is 6.54 Å². The van der Waals surface area contributed by atoms with Gasteiger partial charge in [-0.05, 0) is 45.4 Å². The number of nitrogens with zero attached hydrogens (tertiary/aromatic N) is 1. The van der Waals surface area contributed by atoms with Crippen LogP contribution in [-0.2, 0) is 6.54 Å². The third-order valence-electron chi connectivity index (χ3n) is 4.13. The van der Waals surface area contributed by atoms with Crippen molar-refractivity contribution in [2.45, 2.75) is 51.8 Å². The van der Waals surface area contributed by atoms with Gasteiger partial charge >= 0.3 is 0 Å². The van der Waals surface area contributed by atoms with E-state index in [-0.39, 0.29) is 23.1 Å². The lowest BCUT2D eigenvalue weighted by molar-refractivity contribution is 0.0312. The molecule has 0 radical (unpaired) electrons. The first kappa shape index (κ1) is 15.9. The molecular formula is C16H22FNO3. The summed E-state index contributed by atoms with van der Waals surface area (Å²) in [5, 5.41) is 20.0. The number of hydrogen-bond acceptors (Lipinski definition) is 4. The number of phenolic OH excluding ortho intramolecular Hbond substituents is 1. The zero-order valence-corrected chi connectivity index (χ0v) is 12.5. The molecule has 0 aromatic heterocycles. The fourth-order valence-electron chi connectivity index (χ4n) is 3.02. The fraction of sp³-hybridized carbons (Fsp3) is 0.562. The Labute approximate surface area is 124 Å². The van der Waals surface area contributed by atoms with Crippen LogP contribution in [0.25, 0.3) is 0 Å². The normalized spacial score (nSPS) is 21.2. The van der Waals surface area contributed by atoms with Gasteiger partial charge in [-0.1, -0.05) is 6.42 Å². The molecule has 1 saturated heterocycles.